The second-order valence-corrected chi connectivity index (χ2v) is 16.0. The molecule has 0 spiro atoms. The van der Waals surface area contributed by atoms with E-state index in [4.69, 9.17) is 9.97 Å². The molecule has 5 heterocycles. The lowest BCUT2D eigenvalue weighted by Gasteiger charge is -2.10. The first kappa shape index (κ1) is 30.9. The zero-order valence-corrected chi connectivity index (χ0v) is 31.3. The number of benzene rings is 8. The molecule has 0 aliphatic rings. The normalized spacial score (nSPS) is 12.2. The summed E-state index contributed by atoms with van der Waals surface area (Å²) in [5.41, 5.74) is 13.6. The van der Waals surface area contributed by atoms with E-state index in [0.717, 1.165) is 37.9 Å². The number of rotatable bonds is 4. The van der Waals surface area contributed by atoms with Crippen molar-refractivity contribution in [3.8, 4) is 39.5 Å². The van der Waals surface area contributed by atoms with Crippen LogP contribution >= 0.6 is 11.3 Å². The third kappa shape index (κ3) is 4.32. The van der Waals surface area contributed by atoms with Crippen molar-refractivity contribution in [2.75, 3.05) is 0 Å². The van der Waals surface area contributed by atoms with Crippen LogP contribution in [0.4, 0.5) is 0 Å². The highest BCUT2D eigenvalue weighted by atomic mass is 32.1. The predicted molar refractivity (Wildman–Crippen MR) is 240 cm³/mol. The summed E-state index contributed by atoms with van der Waals surface area (Å²) in [6, 6.07) is 65.7. The summed E-state index contributed by atoms with van der Waals surface area (Å²) < 4.78 is 7.14. The van der Waals surface area contributed by atoms with Crippen molar-refractivity contribution in [3.63, 3.8) is 0 Å². The zero-order valence-electron chi connectivity index (χ0n) is 30.5. The van der Waals surface area contributed by atoms with Crippen molar-refractivity contribution >= 4 is 91.5 Å². The second kappa shape index (κ2) is 11.6. The SMILES string of the molecule is c1ccc(-c2ccc3c(c2)c2c4c5ccccc5n5c6cc(-c7ccccc7)ccc6c(cc2n3-c2nc(-c3ccccc3)c3sc6ccccc6c3n2)c45)cc1. The highest BCUT2D eigenvalue weighted by Gasteiger charge is 2.26. The Hall–Kier alpha value is -7.34. The predicted octanol–water partition coefficient (Wildman–Crippen LogP) is 14.1. The fraction of sp³-hybridized carbons (Fsp3) is 0. The molecule has 0 aliphatic carbocycles. The van der Waals surface area contributed by atoms with E-state index in [-0.39, 0.29) is 0 Å². The molecule has 5 aromatic heterocycles. The van der Waals surface area contributed by atoms with Gasteiger partial charge in [0.2, 0.25) is 5.95 Å². The molecule has 0 unspecified atom stereocenters. The van der Waals surface area contributed by atoms with Crippen LogP contribution in [-0.4, -0.2) is 18.9 Å². The van der Waals surface area contributed by atoms with E-state index in [0.29, 0.717) is 5.95 Å². The quantitative estimate of drug-likeness (QED) is 0.180. The Morgan fingerprint density at radius 3 is 1.81 bits per heavy atom. The van der Waals surface area contributed by atoms with E-state index >= 15 is 0 Å². The van der Waals surface area contributed by atoms with Gasteiger partial charge in [-0.3, -0.25) is 4.57 Å². The van der Waals surface area contributed by atoms with Gasteiger partial charge < -0.3 is 4.40 Å². The largest absolute Gasteiger partial charge is 0.308 e. The maximum absolute atomic E-state index is 5.53. The standard InChI is InChI=1S/C52H30N4S/c1-4-14-31(15-5-1)34-25-27-42-40(28-34)46-44(56(42)52-53-48(33-18-8-3-9-19-33)51-49(54-52)38-21-11-13-23-45(38)57-51)30-39-36-26-24-35(32-16-6-2-7-17-32)29-43(36)55-41-22-12-10-20-37(41)47(46)50(39)55/h1-30H. The summed E-state index contributed by atoms with van der Waals surface area (Å²) >= 11 is 1.77. The van der Waals surface area contributed by atoms with Gasteiger partial charge in [-0.2, -0.15) is 0 Å². The van der Waals surface area contributed by atoms with Crippen molar-refractivity contribution in [1.82, 2.24) is 18.9 Å². The Balaban J connectivity index is 1.22. The number of nitrogens with zero attached hydrogens (tertiary/aromatic N) is 4. The second-order valence-electron chi connectivity index (χ2n) is 14.9. The highest BCUT2D eigenvalue weighted by Crippen LogP contribution is 2.48. The first-order chi connectivity index (χ1) is 28.3. The van der Waals surface area contributed by atoms with Gasteiger partial charge in [0.1, 0.15) is 0 Å². The summed E-state index contributed by atoms with van der Waals surface area (Å²) in [5, 5.41) is 8.50. The van der Waals surface area contributed by atoms with Crippen LogP contribution < -0.4 is 0 Å². The lowest BCUT2D eigenvalue weighted by Crippen LogP contribution is -2.02. The molecule has 8 aromatic carbocycles. The number of fused-ring (bicyclic) bond motifs is 13. The molecule has 0 saturated heterocycles. The van der Waals surface area contributed by atoms with Crippen molar-refractivity contribution in [1.29, 1.82) is 0 Å². The molecule has 0 bridgehead atoms. The third-order valence-corrected chi connectivity index (χ3v) is 13.0. The first-order valence-electron chi connectivity index (χ1n) is 19.3. The van der Waals surface area contributed by atoms with Crippen molar-refractivity contribution in [2.45, 2.75) is 0 Å². The Bertz CT molecular complexity index is 3730. The molecular formula is C52H30N4S. The van der Waals surface area contributed by atoms with Gasteiger partial charge in [0.05, 0.1) is 43.5 Å². The zero-order chi connectivity index (χ0) is 37.2. The molecule has 57 heavy (non-hydrogen) atoms. The summed E-state index contributed by atoms with van der Waals surface area (Å²) in [6.07, 6.45) is 0. The number of hydrogen-bond donors (Lipinski definition) is 0. The van der Waals surface area contributed by atoms with Gasteiger partial charge in [0.25, 0.3) is 0 Å². The fourth-order valence-corrected chi connectivity index (χ4v) is 10.5. The summed E-state index contributed by atoms with van der Waals surface area (Å²) in [7, 11) is 0. The average Bonchev–Trinajstić information content (AvgIpc) is 4.02. The van der Waals surface area contributed by atoms with Gasteiger partial charge in [0.15, 0.2) is 0 Å². The molecule has 0 fully saturated rings. The van der Waals surface area contributed by atoms with Gasteiger partial charge in [-0.1, -0.05) is 146 Å². The molecule has 13 aromatic rings. The molecule has 5 heteroatoms. The summed E-state index contributed by atoms with van der Waals surface area (Å²) in [5.74, 6) is 0.672. The molecule has 0 atom stereocenters. The lowest BCUT2D eigenvalue weighted by atomic mass is 9.99. The van der Waals surface area contributed by atoms with Gasteiger partial charge in [-0.25, -0.2) is 9.97 Å². The fourth-order valence-electron chi connectivity index (χ4n) is 9.37. The average molecular weight is 743 g/mol. The van der Waals surface area contributed by atoms with E-state index in [1.807, 2.05) is 0 Å². The minimum absolute atomic E-state index is 0.672. The molecule has 0 aliphatic heterocycles. The number of thiophene rings is 1. The molecule has 0 amide bonds. The van der Waals surface area contributed by atoms with Crippen LogP contribution in [0.3, 0.4) is 0 Å². The molecule has 13 rings (SSSR count). The van der Waals surface area contributed by atoms with Crippen LogP contribution in [0.5, 0.6) is 0 Å². The smallest absolute Gasteiger partial charge is 0.235 e. The van der Waals surface area contributed by atoms with Crippen molar-refractivity contribution < 1.29 is 0 Å². The molecule has 264 valence electrons. The van der Waals surface area contributed by atoms with E-state index < -0.39 is 0 Å². The van der Waals surface area contributed by atoms with E-state index in [1.165, 1.54) is 75.8 Å². The van der Waals surface area contributed by atoms with Gasteiger partial charge in [0, 0.05) is 48.0 Å². The minimum atomic E-state index is 0.672. The Morgan fingerprint density at radius 1 is 0.386 bits per heavy atom. The van der Waals surface area contributed by atoms with E-state index in [1.54, 1.807) is 11.3 Å². The minimum Gasteiger partial charge on any atom is -0.308 e. The lowest BCUT2D eigenvalue weighted by molar-refractivity contribution is 1.02. The molecule has 0 radical (unpaired) electrons. The van der Waals surface area contributed by atoms with Crippen LogP contribution in [-0.2, 0) is 0 Å². The molecule has 0 saturated carbocycles. The van der Waals surface area contributed by atoms with Gasteiger partial charge in [-0.05, 0) is 58.7 Å². The molecule has 4 nitrogen and oxygen atoms in total. The van der Waals surface area contributed by atoms with Crippen molar-refractivity contribution in [3.05, 3.63) is 182 Å². The van der Waals surface area contributed by atoms with Gasteiger partial charge in [-0.15, -0.1) is 11.3 Å². The number of para-hydroxylation sites is 1. The Morgan fingerprint density at radius 2 is 1.04 bits per heavy atom. The summed E-state index contributed by atoms with van der Waals surface area (Å²) in [4.78, 5) is 11.1. The maximum atomic E-state index is 5.53. The first-order valence-corrected chi connectivity index (χ1v) is 20.2. The molecule has 0 N–H and O–H groups in total. The number of hydrogen-bond acceptors (Lipinski definition) is 3. The monoisotopic (exact) mass is 742 g/mol. The van der Waals surface area contributed by atoms with Crippen LogP contribution in [0.2, 0.25) is 0 Å². The number of aromatic nitrogens is 4. The van der Waals surface area contributed by atoms with Crippen LogP contribution in [0.15, 0.2) is 182 Å². The molecular weight excluding hydrogens is 713 g/mol. The summed E-state index contributed by atoms with van der Waals surface area (Å²) in [6.45, 7) is 0. The third-order valence-electron chi connectivity index (χ3n) is 11.9. The Labute approximate surface area is 330 Å². The maximum Gasteiger partial charge on any atom is 0.235 e. The van der Waals surface area contributed by atoms with Crippen LogP contribution in [0.25, 0.3) is 120 Å². The Kier molecular flexibility index (Phi) is 6.29. The van der Waals surface area contributed by atoms with Gasteiger partial charge >= 0.3 is 0 Å². The van der Waals surface area contributed by atoms with Crippen LogP contribution in [0.1, 0.15) is 0 Å². The van der Waals surface area contributed by atoms with Crippen molar-refractivity contribution in [2.24, 2.45) is 0 Å². The highest BCUT2D eigenvalue weighted by molar-refractivity contribution is 7.26. The topological polar surface area (TPSA) is 35.1 Å². The van der Waals surface area contributed by atoms with Crippen LogP contribution in [0, 0.1) is 0 Å². The van der Waals surface area contributed by atoms with E-state index in [2.05, 4.69) is 191 Å². The van der Waals surface area contributed by atoms with E-state index in [9.17, 15) is 0 Å².